The van der Waals surface area contributed by atoms with E-state index in [1.165, 1.54) is 0 Å². The highest BCUT2D eigenvalue weighted by Gasteiger charge is 2.15. The Morgan fingerprint density at radius 1 is 1.00 bits per heavy atom. The number of halogens is 1. The number of hydrogen-bond donors (Lipinski definition) is 3. The number of carbonyl (C=O) groups excluding carboxylic acids is 1. The summed E-state index contributed by atoms with van der Waals surface area (Å²) in [4.78, 5) is 20.6. The van der Waals surface area contributed by atoms with Crippen LogP contribution in [0.3, 0.4) is 0 Å². The Morgan fingerprint density at radius 3 is 2.38 bits per heavy atom. The number of aryl methyl sites for hydroxylation is 1. The molecule has 0 atom stereocenters. The molecule has 0 bridgehead atoms. The van der Waals surface area contributed by atoms with Gasteiger partial charge in [0.15, 0.2) is 0 Å². The third-order valence-electron chi connectivity index (χ3n) is 3.81. The molecule has 5 N–H and O–H groups in total. The van der Waals surface area contributed by atoms with E-state index in [9.17, 15) is 4.79 Å². The van der Waals surface area contributed by atoms with E-state index in [-0.39, 0.29) is 18.3 Å². The van der Waals surface area contributed by atoms with Crippen LogP contribution in [0.25, 0.3) is 11.1 Å². The van der Waals surface area contributed by atoms with Gasteiger partial charge >= 0.3 is 0 Å². The van der Waals surface area contributed by atoms with Crippen LogP contribution in [0, 0.1) is 0 Å². The molecule has 2 aromatic carbocycles. The van der Waals surface area contributed by atoms with E-state index < -0.39 is 0 Å². The number of aromatic nitrogens is 2. The van der Waals surface area contributed by atoms with Gasteiger partial charge in [0.1, 0.15) is 5.82 Å². The molecule has 0 spiro atoms. The maximum atomic E-state index is 12.2. The van der Waals surface area contributed by atoms with Crippen LogP contribution >= 0.6 is 11.6 Å². The molecule has 1 amide bonds. The minimum absolute atomic E-state index is 0.0929. The van der Waals surface area contributed by atoms with Gasteiger partial charge in [-0.15, -0.1) is 0 Å². The standard InChI is InChI=1S/C19H18ClN5O/c20-13-6-8-14(9-7-13)23-16(26)11-10-15-17(12-4-2-1-3-5-12)18(21)25-19(22)24-15/h1-9H,10-11H2,(H,23,26)(H4,21,22,24,25). The molecule has 0 radical (unpaired) electrons. The van der Waals surface area contributed by atoms with Crippen LogP contribution in [-0.2, 0) is 11.2 Å². The number of anilines is 3. The summed E-state index contributed by atoms with van der Waals surface area (Å²) in [6.45, 7) is 0. The normalized spacial score (nSPS) is 10.5. The molecule has 3 rings (SSSR count). The van der Waals surface area contributed by atoms with Crippen LogP contribution in [0.15, 0.2) is 54.6 Å². The Morgan fingerprint density at radius 2 is 1.69 bits per heavy atom. The number of rotatable bonds is 5. The molecular weight excluding hydrogens is 350 g/mol. The quantitative estimate of drug-likeness (QED) is 0.639. The number of nitrogen functional groups attached to an aromatic ring is 2. The van der Waals surface area contributed by atoms with E-state index >= 15 is 0 Å². The van der Waals surface area contributed by atoms with Gasteiger partial charge in [0.25, 0.3) is 0 Å². The molecule has 3 aromatic rings. The fraction of sp³-hybridized carbons (Fsp3) is 0.105. The molecule has 0 aliphatic carbocycles. The summed E-state index contributed by atoms with van der Waals surface area (Å²) in [6.07, 6.45) is 0.624. The van der Waals surface area contributed by atoms with Crippen LogP contribution in [0.5, 0.6) is 0 Å². The molecule has 0 fully saturated rings. The van der Waals surface area contributed by atoms with Gasteiger partial charge in [0.2, 0.25) is 11.9 Å². The number of amides is 1. The molecule has 7 heteroatoms. The predicted molar refractivity (Wildman–Crippen MR) is 105 cm³/mol. The zero-order chi connectivity index (χ0) is 18.5. The average molecular weight is 368 g/mol. The van der Waals surface area contributed by atoms with Crippen LogP contribution in [-0.4, -0.2) is 15.9 Å². The summed E-state index contributed by atoms with van der Waals surface area (Å²) in [6, 6.07) is 16.5. The summed E-state index contributed by atoms with van der Waals surface area (Å²) in [5.41, 5.74) is 14.7. The molecule has 0 aliphatic heterocycles. The van der Waals surface area contributed by atoms with Gasteiger partial charge in [-0.05, 0) is 36.2 Å². The van der Waals surface area contributed by atoms with Crippen molar-refractivity contribution in [3.05, 3.63) is 65.3 Å². The third-order valence-corrected chi connectivity index (χ3v) is 4.06. The second-order valence-electron chi connectivity index (χ2n) is 5.71. The maximum absolute atomic E-state index is 12.2. The van der Waals surface area contributed by atoms with Crippen molar-refractivity contribution in [1.82, 2.24) is 9.97 Å². The first kappa shape index (κ1) is 17.7. The summed E-state index contributed by atoms with van der Waals surface area (Å²) in [7, 11) is 0. The van der Waals surface area contributed by atoms with Crippen molar-refractivity contribution in [2.24, 2.45) is 0 Å². The Kier molecular flexibility index (Phi) is 5.34. The lowest BCUT2D eigenvalue weighted by Crippen LogP contribution is -2.14. The van der Waals surface area contributed by atoms with Gasteiger partial charge in [0, 0.05) is 22.7 Å². The van der Waals surface area contributed by atoms with Crippen molar-refractivity contribution < 1.29 is 4.79 Å². The highest BCUT2D eigenvalue weighted by atomic mass is 35.5. The number of carbonyl (C=O) groups is 1. The van der Waals surface area contributed by atoms with E-state index in [0.717, 1.165) is 5.56 Å². The topological polar surface area (TPSA) is 107 Å². The van der Waals surface area contributed by atoms with Crippen molar-refractivity contribution in [2.45, 2.75) is 12.8 Å². The SMILES string of the molecule is Nc1nc(N)c(-c2ccccc2)c(CCC(=O)Nc2ccc(Cl)cc2)n1. The molecule has 1 heterocycles. The van der Waals surface area contributed by atoms with Crippen molar-refractivity contribution in [3.8, 4) is 11.1 Å². The molecule has 132 valence electrons. The first-order valence-corrected chi connectivity index (χ1v) is 8.43. The molecule has 26 heavy (non-hydrogen) atoms. The van der Waals surface area contributed by atoms with E-state index in [1.807, 2.05) is 30.3 Å². The summed E-state index contributed by atoms with van der Waals surface area (Å²) in [5, 5.41) is 3.44. The largest absolute Gasteiger partial charge is 0.383 e. The van der Waals surface area contributed by atoms with Crippen molar-refractivity contribution >= 4 is 35.0 Å². The van der Waals surface area contributed by atoms with Gasteiger partial charge in [-0.25, -0.2) is 4.98 Å². The molecule has 0 aliphatic rings. The van der Waals surface area contributed by atoms with Gasteiger partial charge in [-0.3, -0.25) is 4.79 Å². The second-order valence-corrected chi connectivity index (χ2v) is 6.15. The lowest BCUT2D eigenvalue weighted by molar-refractivity contribution is -0.116. The first-order chi connectivity index (χ1) is 12.5. The number of hydrogen-bond acceptors (Lipinski definition) is 5. The fourth-order valence-electron chi connectivity index (χ4n) is 2.64. The van der Waals surface area contributed by atoms with E-state index in [2.05, 4.69) is 15.3 Å². The van der Waals surface area contributed by atoms with Crippen LogP contribution in [0.4, 0.5) is 17.5 Å². The number of nitrogens with zero attached hydrogens (tertiary/aromatic N) is 2. The Hall–Kier alpha value is -3.12. The number of nitrogens with two attached hydrogens (primary N) is 2. The zero-order valence-electron chi connectivity index (χ0n) is 13.9. The van der Waals surface area contributed by atoms with Gasteiger partial charge in [0.05, 0.1) is 5.69 Å². The molecular formula is C19H18ClN5O. The molecule has 0 unspecified atom stereocenters. The van der Waals surface area contributed by atoms with Gasteiger partial charge in [-0.1, -0.05) is 41.9 Å². The Bertz CT molecular complexity index is 913. The molecule has 0 saturated carbocycles. The highest BCUT2D eigenvalue weighted by Crippen LogP contribution is 2.29. The van der Waals surface area contributed by atoms with Crippen LogP contribution in [0.2, 0.25) is 5.02 Å². The zero-order valence-corrected chi connectivity index (χ0v) is 14.7. The molecule has 6 nitrogen and oxygen atoms in total. The lowest BCUT2D eigenvalue weighted by Gasteiger charge is -2.12. The van der Waals surface area contributed by atoms with Crippen molar-refractivity contribution in [2.75, 3.05) is 16.8 Å². The Balaban J connectivity index is 1.77. The van der Waals surface area contributed by atoms with Crippen LogP contribution in [0.1, 0.15) is 12.1 Å². The minimum atomic E-state index is -0.137. The summed E-state index contributed by atoms with van der Waals surface area (Å²) < 4.78 is 0. The molecule has 0 saturated heterocycles. The first-order valence-electron chi connectivity index (χ1n) is 8.05. The van der Waals surface area contributed by atoms with Crippen molar-refractivity contribution in [3.63, 3.8) is 0 Å². The number of nitrogens with one attached hydrogen (secondary N) is 1. The van der Waals surface area contributed by atoms with Crippen LogP contribution < -0.4 is 16.8 Å². The van der Waals surface area contributed by atoms with Crippen molar-refractivity contribution in [1.29, 1.82) is 0 Å². The van der Waals surface area contributed by atoms with Gasteiger partial charge in [-0.2, -0.15) is 4.98 Å². The smallest absolute Gasteiger partial charge is 0.224 e. The van der Waals surface area contributed by atoms with E-state index in [1.54, 1.807) is 24.3 Å². The van der Waals surface area contributed by atoms with E-state index in [4.69, 9.17) is 23.1 Å². The van der Waals surface area contributed by atoms with Gasteiger partial charge < -0.3 is 16.8 Å². The lowest BCUT2D eigenvalue weighted by atomic mass is 10.0. The monoisotopic (exact) mass is 367 g/mol. The van der Waals surface area contributed by atoms with E-state index in [0.29, 0.717) is 34.2 Å². The predicted octanol–water partition coefficient (Wildman–Crippen LogP) is 3.53. The Labute approximate surface area is 156 Å². The average Bonchev–Trinajstić information content (AvgIpc) is 2.62. The fourth-order valence-corrected chi connectivity index (χ4v) is 2.76. The third kappa shape index (κ3) is 4.29. The second kappa shape index (κ2) is 7.84. The summed E-state index contributed by atoms with van der Waals surface area (Å²) >= 11 is 5.84. The molecule has 1 aromatic heterocycles. The summed E-state index contributed by atoms with van der Waals surface area (Å²) in [5.74, 6) is 0.259. The number of benzene rings is 2. The minimum Gasteiger partial charge on any atom is -0.383 e. The maximum Gasteiger partial charge on any atom is 0.224 e. The highest BCUT2D eigenvalue weighted by molar-refractivity contribution is 6.30.